The Balaban J connectivity index is 1.89. The van der Waals surface area contributed by atoms with Crippen LogP contribution in [0.2, 0.25) is 0 Å². The highest BCUT2D eigenvalue weighted by atomic mass is 79.9. The fourth-order valence-corrected chi connectivity index (χ4v) is 3.39. The van der Waals surface area contributed by atoms with Crippen molar-refractivity contribution < 1.29 is 9.90 Å². The highest BCUT2D eigenvalue weighted by molar-refractivity contribution is 9.10. The van der Waals surface area contributed by atoms with E-state index in [2.05, 4.69) is 46.0 Å². The summed E-state index contributed by atoms with van der Waals surface area (Å²) in [5.74, 6) is -0.742. The van der Waals surface area contributed by atoms with Crippen LogP contribution in [0.1, 0.15) is 30.4 Å². The number of halogens is 1. The molecule has 1 aliphatic heterocycles. The molecule has 5 heteroatoms. The molecule has 1 fully saturated rings. The van der Waals surface area contributed by atoms with Gasteiger partial charge in [0.05, 0.1) is 6.54 Å². The van der Waals surface area contributed by atoms with Gasteiger partial charge in [0, 0.05) is 17.1 Å². The lowest BCUT2D eigenvalue weighted by atomic mass is 10.1. The van der Waals surface area contributed by atoms with Crippen LogP contribution in [-0.4, -0.2) is 53.6 Å². The van der Waals surface area contributed by atoms with Gasteiger partial charge < -0.3 is 5.11 Å². The number of hydrogen-bond donors (Lipinski definition) is 1. The number of aliphatic carboxylic acids is 1. The van der Waals surface area contributed by atoms with E-state index >= 15 is 0 Å². The van der Waals surface area contributed by atoms with Crippen molar-refractivity contribution in [3.63, 3.8) is 0 Å². The van der Waals surface area contributed by atoms with Crippen molar-refractivity contribution in [2.45, 2.75) is 38.8 Å². The maximum Gasteiger partial charge on any atom is 0.317 e. The summed E-state index contributed by atoms with van der Waals surface area (Å²) in [6.07, 6.45) is 3.25. The smallest absolute Gasteiger partial charge is 0.317 e. The lowest BCUT2D eigenvalue weighted by molar-refractivity contribution is -0.138. The van der Waals surface area contributed by atoms with E-state index in [1.54, 1.807) is 0 Å². The van der Waals surface area contributed by atoms with Crippen molar-refractivity contribution >= 4 is 21.9 Å². The Kier molecular flexibility index (Phi) is 6.41. The van der Waals surface area contributed by atoms with Crippen LogP contribution in [0.5, 0.6) is 0 Å². The van der Waals surface area contributed by atoms with E-state index in [9.17, 15) is 4.79 Å². The summed E-state index contributed by atoms with van der Waals surface area (Å²) >= 11 is 3.54. The van der Waals surface area contributed by atoms with Crippen molar-refractivity contribution in [2.24, 2.45) is 0 Å². The molecule has 0 bridgehead atoms. The third-order valence-electron chi connectivity index (χ3n) is 4.43. The molecule has 1 saturated heterocycles. The topological polar surface area (TPSA) is 43.8 Å². The normalized spacial score (nSPS) is 20.1. The van der Waals surface area contributed by atoms with E-state index in [0.29, 0.717) is 6.04 Å². The van der Waals surface area contributed by atoms with Crippen LogP contribution in [0, 0.1) is 6.92 Å². The fraction of sp³-hybridized carbons (Fsp3) is 0.588. The number of hydrogen-bond acceptors (Lipinski definition) is 3. The van der Waals surface area contributed by atoms with Gasteiger partial charge in [0.1, 0.15) is 0 Å². The fourth-order valence-electron chi connectivity index (χ4n) is 3.14. The summed E-state index contributed by atoms with van der Waals surface area (Å²) in [5.41, 5.74) is 2.62. The Bertz CT molecular complexity index is 521. The second kappa shape index (κ2) is 8.09. The zero-order chi connectivity index (χ0) is 16.1. The predicted molar refractivity (Wildman–Crippen MR) is 92.1 cm³/mol. The van der Waals surface area contributed by atoms with Gasteiger partial charge in [-0.15, -0.1) is 0 Å². The number of nitrogens with zero attached hydrogens (tertiary/aromatic N) is 2. The lowest BCUT2D eigenvalue weighted by Gasteiger charge is -2.25. The van der Waals surface area contributed by atoms with E-state index in [4.69, 9.17) is 5.11 Å². The molecule has 4 nitrogen and oxygen atoms in total. The maximum atomic E-state index is 10.8. The molecule has 0 spiro atoms. The number of likely N-dealkylation sites (tertiary alicyclic amines) is 1. The molecule has 0 aliphatic carbocycles. The zero-order valence-corrected chi connectivity index (χ0v) is 15.0. The van der Waals surface area contributed by atoms with Gasteiger partial charge in [-0.25, -0.2) is 0 Å². The Hall–Kier alpha value is -0.910. The van der Waals surface area contributed by atoms with E-state index in [0.717, 1.165) is 43.4 Å². The molecule has 1 aromatic carbocycles. The molecule has 2 rings (SSSR count). The average Bonchev–Trinajstić information content (AvgIpc) is 2.68. The van der Waals surface area contributed by atoms with Gasteiger partial charge in [0.2, 0.25) is 0 Å². The molecule has 1 aliphatic rings. The second-order valence-electron chi connectivity index (χ2n) is 6.25. The van der Waals surface area contributed by atoms with Crippen LogP contribution in [-0.2, 0) is 11.3 Å². The van der Waals surface area contributed by atoms with E-state index in [1.165, 1.54) is 11.1 Å². The molecule has 0 saturated carbocycles. The predicted octanol–water partition coefficient (Wildman–Crippen LogP) is 3.13. The first kappa shape index (κ1) is 17.4. The van der Waals surface area contributed by atoms with Crippen LogP contribution >= 0.6 is 15.9 Å². The van der Waals surface area contributed by atoms with Gasteiger partial charge in [-0.05, 0) is 63.5 Å². The van der Waals surface area contributed by atoms with Gasteiger partial charge >= 0.3 is 5.97 Å². The van der Waals surface area contributed by atoms with Crippen molar-refractivity contribution in [1.82, 2.24) is 9.80 Å². The van der Waals surface area contributed by atoms with Gasteiger partial charge in [0.15, 0.2) is 0 Å². The third kappa shape index (κ3) is 5.07. The minimum Gasteiger partial charge on any atom is -0.480 e. The molecule has 0 amide bonds. The first-order valence-electron chi connectivity index (χ1n) is 7.85. The molecule has 1 unspecified atom stereocenters. The molecule has 1 aromatic rings. The highest BCUT2D eigenvalue weighted by Crippen LogP contribution is 2.20. The van der Waals surface area contributed by atoms with Crippen LogP contribution in [0.15, 0.2) is 22.7 Å². The Labute approximate surface area is 141 Å². The number of aryl methyl sites for hydroxylation is 1. The van der Waals surface area contributed by atoms with E-state index in [1.807, 2.05) is 11.9 Å². The Morgan fingerprint density at radius 3 is 2.86 bits per heavy atom. The summed E-state index contributed by atoms with van der Waals surface area (Å²) < 4.78 is 1.16. The van der Waals surface area contributed by atoms with Gasteiger partial charge in [-0.2, -0.15) is 0 Å². The summed E-state index contributed by atoms with van der Waals surface area (Å²) in [4.78, 5) is 15.3. The monoisotopic (exact) mass is 368 g/mol. The molecule has 0 aromatic heterocycles. The minimum absolute atomic E-state index is 0.135. The molecular weight excluding hydrogens is 344 g/mol. The summed E-state index contributed by atoms with van der Waals surface area (Å²) in [6.45, 7) is 5.35. The maximum absolute atomic E-state index is 10.8. The number of carbonyl (C=O) groups is 1. The van der Waals surface area contributed by atoms with E-state index in [-0.39, 0.29) is 6.54 Å². The quantitative estimate of drug-likeness (QED) is 0.866. The van der Waals surface area contributed by atoms with Crippen LogP contribution in [0.3, 0.4) is 0 Å². The van der Waals surface area contributed by atoms with Crippen LogP contribution < -0.4 is 0 Å². The molecule has 22 heavy (non-hydrogen) atoms. The molecule has 1 heterocycles. The summed E-state index contributed by atoms with van der Waals surface area (Å²) in [7, 11) is 1.92. The second-order valence-corrected chi connectivity index (χ2v) is 7.11. The lowest BCUT2D eigenvalue weighted by Crippen LogP contribution is -2.36. The molecular formula is C17H25BrN2O2. The van der Waals surface area contributed by atoms with Gasteiger partial charge in [0.25, 0.3) is 0 Å². The first-order chi connectivity index (χ1) is 10.5. The Morgan fingerprint density at radius 2 is 2.18 bits per heavy atom. The summed E-state index contributed by atoms with van der Waals surface area (Å²) in [5, 5.41) is 8.92. The molecule has 122 valence electrons. The molecule has 1 atom stereocenters. The standard InChI is InChI=1S/C17H25BrN2O2/c1-13-10-14(5-6-16(13)18)11-20-8-3-4-15(7-9-20)19(2)12-17(21)22/h5-6,10,15H,3-4,7-9,11-12H2,1-2H3,(H,21,22). The largest absolute Gasteiger partial charge is 0.480 e. The average molecular weight is 369 g/mol. The number of carboxylic acids is 1. The number of rotatable bonds is 5. The highest BCUT2D eigenvalue weighted by Gasteiger charge is 2.21. The zero-order valence-electron chi connectivity index (χ0n) is 13.4. The van der Waals surface area contributed by atoms with Gasteiger partial charge in [-0.1, -0.05) is 28.1 Å². The number of likely N-dealkylation sites (N-methyl/N-ethyl adjacent to an activating group) is 1. The van der Waals surface area contributed by atoms with E-state index < -0.39 is 5.97 Å². The minimum atomic E-state index is -0.742. The molecule has 0 radical (unpaired) electrons. The SMILES string of the molecule is Cc1cc(CN2CCCC(N(C)CC(=O)O)CC2)ccc1Br. The molecule has 1 N–H and O–H groups in total. The first-order valence-corrected chi connectivity index (χ1v) is 8.64. The van der Waals surface area contributed by atoms with Crippen LogP contribution in [0.25, 0.3) is 0 Å². The van der Waals surface area contributed by atoms with Crippen molar-refractivity contribution in [3.05, 3.63) is 33.8 Å². The van der Waals surface area contributed by atoms with Crippen molar-refractivity contribution in [2.75, 3.05) is 26.7 Å². The van der Waals surface area contributed by atoms with Crippen LogP contribution in [0.4, 0.5) is 0 Å². The Morgan fingerprint density at radius 1 is 1.41 bits per heavy atom. The number of carboxylic acid groups (broad SMARTS) is 1. The van der Waals surface area contributed by atoms with Crippen molar-refractivity contribution in [3.8, 4) is 0 Å². The van der Waals surface area contributed by atoms with Crippen molar-refractivity contribution in [1.29, 1.82) is 0 Å². The number of benzene rings is 1. The summed E-state index contributed by atoms with van der Waals surface area (Å²) in [6, 6.07) is 6.91. The van der Waals surface area contributed by atoms with Gasteiger partial charge in [-0.3, -0.25) is 14.6 Å². The third-order valence-corrected chi connectivity index (χ3v) is 5.32.